The van der Waals surface area contributed by atoms with E-state index in [1.54, 1.807) is 12.1 Å². The number of hydrogen-bond donors (Lipinski definition) is 1. The molecule has 0 aliphatic carbocycles. The molecule has 0 aliphatic rings. The quantitative estimate of drug-likeness (QED) is 0.831. The summed E-state index contributed by atoms with van der Waals surface area (Å²) >= 11 is 5.90. The molecule has 20 heavy (non-hydrogen) atoms. The standard InChI is InChI=1S/C17H18ClFO/c1-2-3-5-12-8-10-13(11-9-12)17(20)14-6-4-7-15(19)16(14)18/h4,6-11,17,20H,2-3,5H2,1H3. The van der Waals surface area contributed by atoms with E-state index in [1.165, 1.54) is 11.6 Å². The third kappa shape index (κ3) is 3.38. The summed E-state index contributed by atoms with van der Waals surface area (Å²) < 4.78 is 13.4. The van der Waals surface area contributed by atoms with Gasteiger partial charge in [0.25, 0.3) is 0 Å². The average molecular weight is 293 g/mol. The minimum absolute atomic E-state index is 0.0185. The molecular formula is C17H18ClFO. The highest BCUT2D eigenvalue weighted by atomic mass is 35.5. The van der Waals surface area contributed by atoms with E-state index < -0.39 is 11.9 Å². The number of hydrogen-bond acceptors (Lipinski definition) is 1. The summed E-state index contributed by atoms with van der Waals surface area (Å²) in [6.07, 6.45) is 2.44. The molecule has 1 atom stereocenters. The van der Waals surface area contributed by atoms with Crippen molar-refractivity contribution in [2.45, 2.75) is 32.3 Å². The summed E-state index contributed by atoms with van der Waals surface area (Å²) in [5.74, 6) is -0.511. The van der Waals surface area contributed by atoms with Crippen molar-refractivity contribution >= 4 is 11.6 Å². The molecule has 1 N–H and O–H groups in total. The van der Waals surface area contributed by atoms with E-state index in [2.05, 4.69) is 6.92 Å². The number of rotatable bonds is 5. The van der Waals surface area contributed by atoms with Crippen LogP contribution >= 0.6 is 11.6 Å². The van der Waals surface area contributed by atoms with Gasteiger partial charge in [0.2, 0.25) is 0 Å². The number of aryl methyl sites for hydroxylation is 1. The highest BCUT2D eigenvalue weighted by Gasteiger charge is 2.16. The fourth-order valence-electron chi connectivity index (χ4n) is 2.16. The summed E-state index contributed by atoms with van der Waals surface area (Å²) in [4.78, 5) is 0. The van der Waals surface area contributed by atoms with Gasteiger partial charge in [-0.3, -0.25) is 0 Å². The SMILES string of the molecule is CCCCc1ccc(C(O)c2cccc(F)c2Cl)cc1. The molecule has 106 valence electrons. The van der Waals surface area contributed by atoms with Gasteiger partial charge in [-0.1, -0.05) is 61.3 Å². The first-order valence-electron chi connectivity index (χ1n) is 6.84. The second-order valence-electron chi connectivity index (χ2n) is 4.89. The fourth-order valence-corrected chi connectivity index (χ4v) is 2.39. The van der Waals surface area contributed by atoms with E-state index in [-0.39, 0.29) is 5.02 Å². The normalized spacial score (nSPS) is 12.4. The highest BCUT2D eigenvalue weighted by molar-refractivity contribution is 6.31. The Morgan fingerprint density at radius 1 is 1.15 bits per heavy atom. The summed E-state index contributed by atoms with van der Waals surface area (Å²) in [5, 5.41) is 10.3. The number of aliphatic hydroxyl groups excluding tert-OH is 1. The van der Waals surface area contributed by atoms with Gasteiger partial charge in [0.05, 0.1) is 5.02 Å². The molecule has 0 saturated heterocycles. The summed E-state index contributed by atoms with van der Waals surface area (Å²) in [7, 11) is 0. The van der Waals surface area contributed by atoms with Crippen LogP contribution in [0.4, 0.5) is 4.39 Å². The Morgan fingerprint density at radius 2 is 1.85 bits per heavy atom. The third-order valence-corrected chi connectivity index (χ3v) is 3.79. The van der Waals surface area contributed by atoms with Crippen LogP contribution in [0.3, 0.4) is 0 Å². The zero-order chi connectivity index (χ0) is 14.5. The number of halogens is 2. The van der Waals surface area contributed by atoms with Gasteiger partial charge in [-0.25, -0.2) is 4.39 Å². The Kier molecular flexibility index (Phi) is 5.16. The Labute approximate surface area is 124 Å². The van der Waals surface area contributed by atoms with E-state index in [0.29, 0.717) is 5.56 Å². The second-order valence-corrected chi connectivity index (χ2v) is 5.27. The molecule has 3 heteroatoms. The highest BCUT2D eigenvalue weighted by Crippen LogP contribution is 2.30. The summed E-state index contributed by atoms with van der Waals surface area (Å²) in [5.41, 5.74) is 2.36. The van der Waals surface area contributed by atoms with E-state index in [0.717, 1.165) is 24.8 Å². The van der Waals surface area contributed by atoms with Gasteiger partial charge in [-0.15, -0.1) is 0 Å². The van der Waals surface area contributed by atoms with Crippen molar-refractivity contribution in [3.63, 3.8) is 0 Å². The molecule has 2 aromatic carbocycles. The van der Waals surface area contributed by atoms with Crippen molar-refractivity contribution in [3.8, 4) is 0 Å². The second kappa shape index (κ2) is 6.87. The zero-order valence-electron chi connectivity index (χ0n) is 11.4. The van der Waals surface area contributed by atoms with Gasteiger partial charge in [0, 0.05) is 5.56 Å². The Bertz CT molecular complexity index is 566. The topological polar surface area (TPSA) is 20.2 Å². The molecule has 0 aromatic heterocycles. The van der Waals surface area contributed by atoms with Gasteiger partial charge in [-0.2, -0.15) is 0 Å². The maximum absolute atomic E-state index is 13.4. The lowest BCUT2D eigenvalue weighted by molar-refractivity contribution is 0.220. The Balaban J connectivity index is 2.20. The smallest absolute Gasteiger partial charge is 0.142 e. The monoisotopic (exact) mass is 292 g/mol. The van der Waals surface area contributed by atoms with Crippen LogP contribution in [0.15, 0.2) is 42.5 Å². The lowest BCUT2D eigenvalue weighted by Gasteiger charge is -2.14. The molecule has 0 aliphatic heterocycles. The van der Waals surface area contributed by atoms with Crippen LogP contribution in [0.5, 0.6) is 0 Å². The molecule has 0 spiro atoms. The first-order valence-corrected chi connectivity index (χ1v) is 7.22. The Hall–Kier alpha value is -1.38. The molecule has 0 fully saturated rings. The Morgan fingerprint density at radius 3 is 2.50 bits per heavy atom. The van der Waals surface area contributed by atoms with Crippen LogP contribution < -0.4 is 0 Å². The predicted molar refractivity (Wildman–Crippen MR) is 80.5 cm³/mol. The fraction of sp³-hybridized carbons (Fsp3) is 0.294. The van der Waals surface area contributed by atoms with E-state index in [1.807, 2.05) is 24.3 Å². The van der Waals surface area contributed by atoms with Crippen LogP contribution in [0.25, 0.3) is 0 Å². The number of benzene rings is 2. The number of unbranched alkanes of at least 4 members (excludes halogenated alkanes) is 1. The van der Waals surface area contributed by atoms with E-state index >= 15 is 0 Å². The molecule has 2 rings (SSSR count). The van der Waals surface area contributed by atoms with Crippen molar-refractivity contribution in [1.29, 1.82) is 0 Å². The van der Waals surface area contributed by atoms with Gasteiger partial charge in [-0.05, 0) is 30.0 Å². The molecule has 0 saturated carbocycles. The molecule has 0 bridgehead atoms. The van der Waals surface area contributed by atoms with Crippen LogP contribution in [0.1, 0.15) is 42.6 Å². The minimum atomic E-state index is -0.904. The van der Waals surface area contributed by atoms with Crippen LogP contribution in [0, 0.1) is 5.82 Å². The first kappa shape index (κ1) is 15.0. The molecular weight excluding hydrogens is 275 g/mol. The lowest BCUT2D eigenvalue weighted by Crippen LogP contribution is -2.01. The maximum atomic E-state index is 13.4. The summed E-state index contributed by atoms with van der Waals surface area (Å²) in [6, 6.07) is 12.2. The largest absolute Gasteiger partial charge is 0.384 e. The van der Waals surface area contributed by atoms with E-state index in [4.69, 9.17) is 11.6 Å². The maximum Gasteiger partial charge on any atom is 0.142 e. The van der Waals surface area contributed by atoms with Gasteiger partial charge >= 0.3 is 0 Å². The van der Waals surface area contributed by atoms with E-state index in [9.17, 15) is 9.50 Å². The van der Waals surface area contributed by atoms with Crippen molar-refractivity contribution < 1.29 is 9.50 Å². The van der Waals surface area contributed by atoms with Crippen molar-refractivity contribution in [2.24, 2.45) is 0 Å². The van der Waals surface area contributed by atoms with Crippen LogP contribution in [0.2, 0.25) is 5.02 Å². The average Bonchev–Trinajstić information content (AvgIpc) is 2.48. The van der Waals surface area contributed by atoms with Gasteiger partial charge < -0.3 is 5.11 Å². The molecule has 2 aromatic rings. The molecule has 1 unspecified atom stereocenters. The number of aliphatic hydroxyl groups is 1. The van der Waals surface area contributed by atoms with Crippen LogP contribution in [-0.4, -0.2) is 5.11 Å². The lowest BCUT2D eigenvalue weighted by atomic mass is 9.99. The van der Waals surface area contributed by atoms with Crippen molar-refractivity contribution in [3.05, 3.63) is 70.0 Å². The van der Waals surface area contributed by atoms with Crippen molar-refractivity contribution in [2.75, 3.05) is 0 Å². The zero-order valence-corrected chi connectivity index (χ0v) is 12.2. The molecule has 0 heterocycles. The molecule has 1 nitrogen and oxygen atoms in total. The minimum Gasteiger partial charge on any atom is -0.384 e. The third-order valence-electron chi connectivity index (χ3n) is 3.39. The molecule has 0 radical (unpaired) electrons. The molecule has 0 amide bonds. The first-order chi connectivity index (χ1) is 9.63. The van der Waals surface area contributed by atoms with Crippen LogP contribution in [-0.2, 0) is 6.42 Å². The predicted octanol–water partition coefficient (Wildman–Crippen LogP) is 4.90. The summed E-state index contributed by atoms with van der Waals surface area (Å²) in [6.45, 7) is 2.16. The van der Waals surface area contributed by atoms with Gasteiger partial charge in [0.1, 0.15) is 11.9 Å². The van der Waals surface area contributed by atoms with Crippen molar-refractivity contribution in [1.82, 2.24) is 0 Å². The van der Waals surface area contributed by atoms with Gasteiger partial charge in [0.15, 0.2) is 0 Å².